The van der Waals surface area contributed by atoms with Crippen molar-refractivity contribution in [3.8, 4) is 0 Å². The van der Waals surface area contributed by atoms with Crippen molar-refractivity contribution in [3.63, 3.8) is 0 Å². The minimum absolute atomic E-state index is 0. The van der Waals surface area contributed by atoms with Crippen molar-refractivity contribution in [3.05, 3.63) is 58.7 Å². The van der Waals surface area contributed by atoms with Crippen molar-refractivity contribution in [2.75, 3.05) is 0 Å². The van der Waals surface area contributed by atoms with Crippen LogP contribution in [0.25, 0.3) is 0 Å². The second kappa shape index (κ2) is 7.61. The standard InChI is InChI=1S/C21H34Si2.Ti/c1-21(2,19-13-9-11-17(19)15-22(3,4)5)20-14-10-12-18(20)16-23(6,7)8;/h9-10,13-16H,11-12H2,1-8H3;/q-2;+2. The van der Waals surface area contributed by atoms with E-state index in [1.54, 1.807) is 22.3 Å². The molecular weight excluding hydrogens is 356 g/mol. The molecule has 0 aromatic heterocycles. The molecular formula is C21H34Si2Ti. The first-order chi connectivity index (χ1) is 10.4. The summed E-state index contributed by atoms with van der Waals surface area (Å²) in [4.78, 5) is 0. The molecule has 24 heavy (non-hydrogen) atoms. The fraction of sp³-hybridized carbons (Fsp3) is 0.524. The van der Waals surface area contributed by atoms with Gasteiger partial charge in [0.2, 0.25) is 0 Å². The van der Waals surface area contributed by atoms with Gasteiger partial charge in [0.1, 0.15) is 0 Å². The molecule has 2 aliphatic rings. The Hall–Kier alpha value is -0.152. The van der Waals surface area contributed by atoms with Gasteiger partial charge in [-0.05, 0) is 29.0 Å². The molecule has 0 N–H and O–H groups in total. The zero-order chi connectivity index (χ0) is 17.5. The first-order valence-corrected chi connectivity index (χ1v) is 16.1. The Labute approximate surface area is 167 Å². The van der Waals surface area contributed by atoms with E-state index in [0.717, 1.165) is 12.8 Å². The van der Waals surface area contributed by atoms with Crippen LogP contribution in [0.15, 0.2) is 46.6 Å². The topological polar surface area (TPSA) is 0 Å². The van der Waals surface area contributed by atoms with E-state index in [4.69, 9.17) is 0 Å². The fourth-order valence-corrected chi connectivity index (χ4v) is 6.36. The molecule has 0 saturated carbocycles. The summed E-state index contributed by atoms with van der Waals surface area (Å²) < 4.78 is 0. The van der Waals surface area contributed by atoms with Gasteiger partial charge in [-0.15, -0.1) is 29.7 Å². The quantitative estimate of drug-likeness (QED) is 0.350. The molecule has 0 aromatic carbocycles. The predicted octanol–water partition coefficient (Wildman–Crippen LogP) is 6.69. The van der Waals surface area contributed by atoms with Gasteiger partial charge < -0.3 is 0 Å². The van der Waals surface area contributed by atoms with Crippen LogP contribution < -0.4 is 0 Å². The molecule has 0 saturated heterocycles. The summed E-state index contributed by atoms with van der Waals surface area (Å²) in [5, 5.41) is 0. The van der Waals surface area contributed by atoms with Crippen LogP contribution in [0.3, 0.4) is 0 Å². The SMILES string of the molecule is CC(C)(C1=C([CH-][Si](C)(C)C)CC=C1)C1=C([CH-][Si](C)(C)C)CC=C1.[Ti+2]. The maximum atomic E-state index is 2.60. The van der Waals surface area contributed by atoms with E-state index in [2.05, 4.69) is 89.5 Å². The average molecular weight is 391 g/mol. The van der Waals surface area contributed by atoms with Crippen LogP contribution in [0.1, 0.15) is 26.7 Å². The number of hydrogen-bond acceptors (Lipinski definition) is 0. The molecule has 0 nitrogen and oxygen atoms in total. The smallest absolute Gasteiger partial charge is 0.229 e. The maximum Gasteiger partial charge on any atom is 2.00 e. The summed E-state index contributed by atoms with van der Waals surface area (Å²) >= 11 is 0. The second-order valence-corrected chi connectivity index (χ2v) is 19.8. The minimum Gasteiger partial charge on any atom is -0.229 e. The third kappa shape index (κ3) is 5.42. The average Bonchev–Trinajstić information content (AvgIpc) is 2.94. The Morgan fingerprint density at radius 1 is 0.750 bits per heavy atom. The molecule has 0 fully saturated rings. The number of allylic oxidation sites excluding steroid dienone is 8. The van der Waals surface area contributed by atoms with E-state index >= 15 is 0 Å². The summed E-state index contributed by atoms with van der Waals surface area (Å²) in [6.07, 6.45) is 11.7. The molecule has 0 aromatic rings. The second-order valence-electron chi connectivity index (χ2n) is 9.74. The molecule has 3 heteroatoms. The Morgan fingerprint density at radius 3 is 1.38 bits per heavy atom. The van der Waals surface area contributed by atoms with E-state index < -0.39 is 16.1 Å². The molecule has 0 atom stereocenters. The predicted molar refractivity (Wildman–Crippen MR) is 111 cm³/mol. The van der Waals surface area contributed by atoms with Crippen LogP contribution in [0.5, 0.6) is 0 Å². The van der Waals surface area contributed by atoms with Gasteiger partial charge in [-0.25, -0.2) is 23.2 Å². The van der Waals surface area contributed by atoms with Crippen LogP contribution in [-0.4, -0.2) is 16.1 Å². The molecule has 0 aliphatic heterocycles. The van der Waals surface area contributed by atoms with E-state index in [0.29, 0.717) is 0 Å². The first kappa shape index (κ1) is 21.9. The maximum absolute atomic E-state index is 2.60. The largest absolute Gasteiger partial charge is 2.00 e. The summed E-state index contributed by atoms with van der Waals surface area (Å²) in [5.41, 5.74) is 6.35. The zero-order valence-electron chi connectivity index (χ0n) is 16.9. The van der Waals surface area contributed by atoms with E-state index in [-0.39, 0.29) is 27.1 Å². The van der Waals surface area contributed by atoms with E-state index in [1.807, 2.05) is 0 Å². The Balaban J connectivity index is 0.00000288. The van der Waals surface area contributed by atoms with Crippen molar-refractivity contribution in [1.82, 2.24) is 0 Å². The summed E-state index contributed by atoms with van der Waals surface area (Å²) in [6.45, 7) is 19.4. The van der Waals surface area contributed by atoms with Crippen LogP contribution in [0.4, 0.5) is 0 Å². The van der Waals surface area contributed by atoms with Crippen LogP contribution in [0, 0.1) is 17.5 Å². The van der Waals surface area contributed by atoms with E-state index in [9.17, 15) is 0 Å². The monoisotopic (exact) mass is 390 g/mol. The molecule has 130 valence electrons. The third-order valence-corrected chi connectivity index (χ3v) is 6.93. The van der Waals surface area contributed by atoms with Gasteiger partial charge >= 0.3 is 21.7 Å². The van der Waals surface area contributed by atoms with Crippen molar-refractivity contribution in [2.24, 2.45) is 5.41 Å². The molecule has 0 unspecified atom stereocenters. The van der Waals surface area contributed by atoms with Crippen molar-refractivity contribution < 1.29 is 21.7 Å². The van der Waals surface area contributed by atoms with Crippen molar-refractivity contribution in [2.45, 2.75) is 66.0 Å². The summed E-state index contributed by atoms with van der Waals surface area (Å²) in [5.74, 6) is 0. The van der Waals surface area contributed by atoms with Crippen LogP contribution >= 0.6 is 0 Å². The van der Waals surface area contributed by atoms with Gasteiger partial charge in [-0.2, -0.15) is 11.1 Å². The van der Waals surface area contributed by atoms with Crippen molar-refractivity contribution >= 4 is 16.1 Å². The van der Waals surface area contributed by atoms with Gasteiger partial charge in [0, 0.05) is 0 Å². The van der Waals surface area contributed by atoms with Gasteiger partial charge in [0.15, 0.2) is 0 Å². The van der Waals surface area contributed by atoms with Gasteiger partial charge in [0.05, 0.1) is 0 Å². The zero-order valence-corrected chi connectivity index (χ0v) is 20.4. The first-order valence-electron chi connectivity index (χ1n) is 8.92. The van der Waals surface area contributed by atoms with Crippen LogP contribution in [0.2, 0.25) is 39.3 Å². The Kier molecular flexibility index (Phi) is 6.94. The van der Waals surface area contributed by atoms with Crippen LogP contribution in [-0.2, 0) is 21.7 Å². The number of hydrogen-bond donors (Lipinski definition) is 0. The molecule has 0 amide bonds. The van der Waals surface area contributed by atoms with Gasteiger partial charge in [-0.1, -0.05) is 53.1 Å². The summed E-state index contributed by atoms with van der Waals surface area (Å²) in [6, 6.07) is 5.20. The Morgan fingerprint density at radius 2 is 1.08 bits per heavy atom. The molecule has 0 radical (unpaired) electrons. The molecule has 0 bridgehead atoms. The third-order valence-electron chi connectivity index (χ3n) is 4.50. The molecule has 0 spiro atoms. The molecule has 2 rings (SSSR count). The van der Waals surface area contributed by atoms with Crippen molar-refractivity contribution in [1.29, 1.82) is 0 Å². The Bertz CT molecular complexity index is 538. The van der Waals surface area contributed by atoms with E-state index in [1.165, 1.54) is 0 Å². The normalized spacial score (nSPS) is 18.3. The number of rotatable bonds is 6. The summed E-state index contributed by atoms with van der Waals surface area (Å²) in [7, 11) is -2.39. The van der Waals surface area contributed by atoms with Gasteiger partial charge in [0.25, 0.3) is 0 Å². The minimum atomic E-state index is -1.20. The van der Waals surface area contributed by atoms with Gasteiger partial charge in [-0.3, -0.25) is 0 Å². The molecule has 2 aliphatic carbocycles. The molecule has 0 heterocycles. The fourth-order valence-electron chi connectivity index (χ4n) is 3.72.